The van der Waals surface area contributed by atoms with Crippen LogP contribution >= 0.6 is 0 Å². The van der Waals surface area contributed by atoms with Gasteiger partial charge in [0.15, 0.2) is 0 Å². The summed E-state index contributed by atoms with van der Waals surface area (Å²) in [7, 11) is -3.82. The number of rotatable bonds is 8. The van der Waals surface area contributed by atoms with Gasteiger partial charge in [-0.25, -0.2) is 17.9 Å². The third-order valence-corrected chi connectivity index (χ3v) is 5.61. The molecule has 0 spiro atoms. The molecule has 0 saturated heterocycles. The van der Waals surface area contributed by atoms with Crippen LogP contribution in [0.1, 0.15) is 21.5 Å². The van der Waals surface area contributed by atoms with Crippen molar-refractivity contribution in [3.63, 3.8) is 0 Å². The number of esters is 1. The molecule has 8 nitrogen and oxygen atoms in total. The summed E-state index contributed by atoms with van der Waals surface area (Å²) in [5, 5.41) is 10.7. The lowest BCUT2D eigenvalue weighted by Gasteiger charge is -2.09. The maximum Gasteiger partial charge on any atom is 0.338 e. The van der Waals surface area contributed by atoms with Crippen LogP contribution in [-0.4, -0.2) is 19.3 Å². The second-order valence-corrected chi connectivity index (χ2v) is 8.10. The Kier molecular flexibility index (Phi) is 6.55. The van der Waals surface area contributed by atoms with E-state index >= 15 is 0 Å². The van der Waals surface area contributed by atoms with Crippen LogP contribution in [0.2, 0.25) is 0 Å². The number of ether oxygens (including phenoxy) is 1. The molecular formula is C21H18N2O6S. The van der Waals surface area contributed by atoms with E-state index in [2.05, 4.69) is 4.72 Å². The van der Waals surface area contributed by atoms with Gasteiger partial charge in [0.05, 0.1) is 15.4 Å². The van der Waals surface area contributed by atoms with Gasteiger partial charge in [-0.15, -0.1) is 0 Å². The zero-order valence-corrected chi connectivity index (χ0v) is 16.5. The fourth-order valence-electron chi connectivity index (χ4n) is 2.59. The van der Waals surface area contributed by atoms with Gasteiger partial charge in [0.25, 0.3) is 5.69 Å². The van der Waals surface area contributed by atoms with Crippen molar-refractivity contribution in [2.45, 2.75) is 18.0 Å². The molecule has 0 aliphatic heterocycles. The molecule has 0 bridgehead atoms. The van der Waals surface area contributed by atoms with E-state index in [1.807, 2.05) is 18.2 Å². The Labute approximate surface area is 173 Å². The largest absolute Gasteiger partial charge is 0.457 e. The molecule has 0 heterocycles. The molecule has 30 heavy (non-hydrogen) atoms. The summed E-state index contributed by atoms with van der Waals surface area (Å²) in [5.74, 6) is -0.700. The molecule has 0 aromatic heterocycles. The summed E-state index contributed by atoms with van der Waals surface area (Å²) in [6.45, 7) is 0.0258. The molecule has 3 aromatic carbocycles. The first-order valence-electron chi connectivity index (χ1n) is 8.89. The van der Waals surface area contributed by atoms with Gasteiger partial charge < -0.3 is 4.74 Å². The van der Waals surface area contributed by atoms with Crippen LogP contribution < -0.4 is 4.72 Å². The van der Waals surface area contributed by atoms with Gasteiger partial charge in [-0.1, -0.05) is 36.4 Å². The molecule has 0 radical (unpaired) electrons. The van der Waals surface area contributed by atoms with Crippen molar-refractivity contribution in [1.82, 2.24) is 4.72 Å². The SMILES string of the molecule is O=C(OCc1ccc([N+](=O)[O-])cc1)c1cccc(S(=O)(=O)NCc2ccccc2)c1. The molecule has 3 rings (SSSR count). The van der Waals surface area contributed by atoms with Crippen LogP contribution in [0.3, 0.4) is 0 Å². The molecule has 0 fully saturated rings. The highest BCUT2D eigenvalue weighted by atomic mass is 32.2. The fraction of sp³-hybridized carbons (Fsp3) is 0.0952. The van der Waals surface area contributed by atoms with Crippen LogP contribution in [-0.2, 0) is 27.9 Å². The fourth-order valence-corrected chi connectivity index (χ4v) is 3.66. The Morgan fingerprint density at radius 2 is 1.63 bits per heavy atom. The lowest BCUT2D eigenvalue weighted by molar-refractivity contribution is -0.384. The van der Waals surface area contributed by atoms with E-state index in [0.717, 1.165) is 5.56 Å². The number of hydrogen-bond acceptors (Lipinski definition) is 6. The maximum absolute atomic E-state index is 12.5. The average Bonchev–Trinajstić information content (AvgIpc) is 2.77. The van der Waals surface area contributed by atoms with E-state index in [0.29, 0.717) is 5.56 Å². The van der Waals surface area contributed by atoms with Crippen molar-refractivity contribution in [1.29, 1.82) is 0 Å². The minimum absolute atomic E-state index is 0.0526. The van der Waals surface area contributed by atoms with Crippen molar-refractivity contribution in [3.8, 4) is 0 Å². The predicted octanol–water partition coefficient (Wildman–Crippen LogP) is 3.43. The monoisotopic (exact) mass is 426 g/mol. The number of nitrogens with one attached hydrogen (secondary N) is 1. The number of nitrogens with zero attached hydrogens (tertiary/aromatic N) is 1. The first-order chi connectivity index (χ1) is 14.3. The summed E-state index contributed by atoms with van der Waals surface area (Å²) in [6.07, 6.45) is 0. The van der Waals surface area contributed by atoms with Crippen molar-refractivity contribution in [3.05, 3.63) is 106 Å². The highest BCUT2D eigenvalue weighted by molar-refractivity contribution is 7.89. The molecule has 154 valence electrons. The number of hydrogen-bond donors (Lipinski definition) is 1. The molecule has 0 unspecified atom stereocenters. The molecule has 0 aliphatic rings. The second kappa shape index (κ2) is 9.29. The number of nitro groups is 1. The highest BCUT2D eigenvalue weighted by Gasteiger charge is 2.17. The third kappa shape index (κ3) is 5.49. The van der Waals surface area contributed by atoms with Gasteiger partial charge in [0.1, 0.15) is 6.61 Å². The first kappa shape index (κ1) is 21.2. The van der Waals surface area contributed by atoms with Crippen molar-refractivity contribution >= 4 is 21.7 Å². The number of carbonyl (C=O) groups is 1. The first-order valence-corrected chi connectivity index (χ1v) is 10.4. The molecule has 9 heteroatoms. The summed E-state index contributed by atoms with van der Waals surface area (Å²) in [5.41, 5.74) is 1.40. The van der Waals surface area contributed by atoms with E-state index in [1.165, 1.54) is 48.5 Å². The van der Waals surface area contributed by atoms with Crippen LogP contribution in [0.4, 0.5) is 5.69 Å². The quantitative estimate of drug-likeness (QED) is 0.335. The molecule has 0 aliphatic carbocycles. The maximum atomic E-state index is 12.5. The number of benzene rings is 3. The van der Waals surface area contributed by atoms with Crippen molar-refractivity contribution in [2.75, 3.05) is 0 Å². The Bertz CT molecular complexity index is 1150. The summed E-state index contributed by atoms with van der Waals surface area (Å²) < 4.78 is 32.7. The lowest BCUT2D eigenvalue weighted by atomic mass is 10.2. The zero-order chi connectivity index (χ0) is 21.6. The molecule has 0 atom stereocenters. The summed E-state index contributed by atoms with van der Waals surface area (Å²) in [6, 6.07) is 20.2. The number of sulfonamides is 1. The number of nitro benzene ring substituents is 1. The molecule has 0 saturated carbocycles. The van der Waals surface area contributed by atoms with Gasteiger partial charge in [0, 0.05) is 18.7 Å². The number of non-ortho nitro benzene ring substituents is 1. The van der Waals surface area contributed by atoms with E-state index < -0.39 is 20.9 Å². The van der Waals surface area contributed by atoms with Crippen LogP contribution in [0.25, 0.3) is 0 Å². The summed E-state index contributed by atoms with van der Waals surface area (Å²) >= 11 is 0. The minimum Gasteiger partial charge on any atom is -0.457 e. The Balaban J connectivity index is 1.64. The van der Waals surface area contributed by atoms with E-state index in [1.54, 1.807) is 12.1 Å². The Hall–Kier alpha value is -3.56. The smallest absolute Gasteiger partial charge is 0.338 e. The van der Waals surface area contributed by atoms with E-state index in [4.69, 9.17) is 4.74 Å². The highest BCUT2D eigenvalue weighted by Crippen LogP contribution is 2.16. The van der Waals surface area contributed by atoms with Crippen molar-refractivity contribution < 1.29 is 22.9 Å². The summed E-state index contributed by atoms with van der Waals surface area (Å²) in [4.78, 5) is 22.4. The topological polar surface area (TPSA) is 116 Å². The Morgan fingerprint density at radius 3 is 2.30 bits per heavy atom. The molecule has 0 amide bonds. The lowest BCUT2D eigenvalue weighted by Crippen LogP contribution is -2.23. The zero-order valence-electron chi connectivity index (χ0n) is 15.7. The minimum atomic E-state index is -3.82. The van der Waals surface area contributed by atoms with Gasteiger partial charge in [0.2, 0.25) is 10.0 Å². The third-order valence-electron chi connectivity index (χ3n) is 4.21. The number of carbonyl (C=O) groups excluding carboxylic acids is 1. The van der Waals surface area contributed by atoms with Crippen LogP contribution in [0.5, 0.6) is 0 Å². The normalized spacial score (nSPS) is 11.1. The van der Waals surface area contributed by atoms with Gasteiger partial charge in [-0.2, -0.15) is 0 Å². The molecule has 3 aromatic rings. The Morgan fingerprint density at radius 1 is 0.933 bits per heavy atom. The van der Waals surface area contributed by atoms with Gasteiger partial charge in [-0.05, 0) is 41.5 Å². The predicted molar refractivity (Wildman–Crippen MR) is 109 cm³/mol. The average molecular weight is 426 g/mol. The molecular weight excluding hydrogens is 408 g/mol. The van der Waals surface area contributed by atoms with Gasteiger partial charge in [-0.3, -0.25) is 10.1 Å². The van der Waals surface area contributed by atoms with Gasteiger partial charge >= 0.3 is 5.97 Å². The van der Waals surface area contributed by atoms with Crippen molar-refractivity contribution in [2.24, 2.45) is 0 Å². The van der Waals surface area contributed by atoms with E-state index in [-0.39, 0.29) is 29.3 Å². The van der Waals surface area contributed by atoms with Crippen LogP contribution in [0.15, 0.2) is 83.8 Å². The second-order valence-electron chi connectivity index (χ2n) is 6.34. The molecule has 1 N–H and O–H groups in total. The van der Waals surface area contributed by atoms with E-state index in [9.17, 15) is 23.3 Å². The standard InChI is InChI=1S/C21H18N2O6S/c24-21(29-15-17-9-11-19(12-10-17)23(25)26)18-7-4-8-20(13-18)30(27,28)22-14-16-5-2-1-3-6-16/h1-13,22H,14-15H2. The van der Waals surface area contributed by atoms with Crippen LogP contribution in [0, 0.1) is 10.1 Å².